The van der Waals surface area contributed by atoms with Crippen molar-refractivity contribution in [3.05, 3.63) is 29.3 Å². The highest BCUT2D eigenvalue weighted by Gasteiger charge is 2.21. The number of ether oxygens (including phenoxy) is 1. The number of hydrogen-bond donors (Lipinski definition) is 1. The molecule has 2 nitrogen and oxygen atoms in total. The molecule has 0 fully saturated rings. The van der Waals surface area contributed by atoms with Gasteiger partial charge in [0, 0.05) is 12.5 Å². The molecule has 1 atom stereocenters. The molecule has 19 heavy (non-hydrogen) atoms. The van der Waals surface area contributed by atoms with Crippen LogP contribution in [0.5, 0.6) is 5.75 Å². The molecule has 102 valence electrons. The molecule has 0 aliphatic heterocycles. The van der Waals surface area contributed by atoms with Crippen molar-refractivity contribution in [2.75, 3.05) is 13.2 Å². The van der Waals surface area contributed by atoms with Gasteiger partial charge in [-0.1, -0.05) is 19.1 Å². The molecular formula is C17H23NO. The van der Waals surface area contributed by atoms with E-state index in [1.54, 1.807) is 0 Å². The fourth-order valence-corrected chi connectivity index (χ4v) is 2.75. The Labute approximate surface area is 116 Å². The van der Waals surface area contributed by atoms with Gasteiger partial charge < -0.3 is 10.1 Å². The first kappa shape index (κ1) is 14.0. The van der Waals surface area contributed by atoms with Crippen LogP contribution in [0, 0.1) is 11.8 Å². The van der Waals surface area contributed by atoms with E-state index in [9.17, 15) is 0 Å². The second-order valence-electron chi connectivity index (χ2n) is 4.85. The molecule has 0 bridgehead atoms. The van der Waals surface area contributed by atoms with Crippen LogP contribution in [-0.4, -0.2) is 13.2 Å². The number of fused-ring (bicyclic) bond motifs is 1. The lowest BCUT2D eigenvalue weighted by atomic mass is 9.87. The van der Waals surface area contributed by atoms with Crippen molar-refractivity contribution < 1.29 is 4.74 Å². The zero-order valence-electron chi connectivity index (χ0n) is 12.0. The molecule has 1 unspecified atom stereocenters. The monoisotopic (exact) mass is 257 g/mol. The molecule has 1 aliphatic carbocycles. The van der Waals surface area contributed by atoms with E-state index >= 15 is 0 Å². The summed E-state index contributed by atoms with van der Waals surface area (Å²) in [6.45, 7) is 5.73. The molecule has 0 amide bonds. The Morgan fingerprint density at radius 1 is 1.42 bits per heavy atom. The molecule has 1 aromatic carbocycles. The zero-order valence-corrected chi connectivity index (χ0v) is 12.0. The van der Waals surface area contributed by atoms with Crippen LogP contribution in [0.4, 0.5) is 0 Å². The molecule has 2 heteroatoms. The summed E-state index contributed by atoms with van der Waals surface area (Å²) < 4.78 is 5.90. The highest BCUT2D eigenvalue weighted by atomic mass is 16.5. The van der Waals surface area contributed by atoms with E-state index in [-0.39, 0.29) is 0 Å². The summed E-state index contributed by atoms with van der Waals surface area (Å²) in [6, 6.07) is 6.93. The highest BCUT2D eigenvalue weighted by molar-refractivity contribution is 5.43. The normalized spacial score (nSPS) is 17.3. The average Bonchev–Trinajstić information content (AvgIpc) is 2.44. The lowest BCUT2D eigenvalue weighted by molar-refractivity contribution is 0.319. The van der Waals surface area contributed by atoms with Gasteiger partial charge in [-0.3, -0.25) is 0 Å². The largest absolute Gasteiger partial charge is 0.492 e. The third-order valence-electron chi connectivity index (χ3n) is 3.58. The van der Waals surface area contributed by atoms with Crippen molar-refractivity contribution in [1.29, 1.82) is 0 Å². The maximum absolute atomic E-state index is 5.90. The van der Waals surface area contributed by atoms with Crippen LogP contribution in [0.2, 0.25) is 0 Å². The molecule has 0 saturated heterocycles. The predicted octanol–water partition coefficient (Wildman–Crippen LogP) is 3.47. The molecule has 0 radical (unpaired) electrons. The fourth-order valence-electron chi connectivity index (χ4n) is 2.75. The van der Waals surface area contributed by atoms with Crippen molar-refractivity contribution >= 4 is 0 Å². The number of nitrogens with one attached hydrogen (secondary N) is 1. The molecule has 0 spiro atoms. The average molecular weight is 257 g/mol. The van der Waals surface area contributed by atoms with E-state index in [4.69, 9.17) is 4.74 Å². The minimum absolute atomic E-state index is 0.493. The van der Waals surface area contributed by atoms with E-state index in [1.165, 1.54) is 24.0 Å². The zero-order chi connectivity index (χ0) is 13.5. The second-order valence-corrected chi connectivity index (χ2v) is 4.85. The first-order valence-electron chi connectivity index (χ1n) is 7.24. The van der Waals surface area contributed by atoms with Crippen molar-refractivity contribution in [2.24, 2.45) is 0 Å². The van der Waals surface area contributed by atoms with E-state index in [2.05, 4.69) is 42.3 Å². The minimum Gasteiger partial charge on any atom is -0.492 e. The standard InChI is InChI=1S/C17H23NO/c1-3-5-6-13-19-17-12-8-9-14-15(17)10-7-11-16(14)18-4-2/h8-9,12,16,18H,4,6-7,10-11,13H2,1-2H3. The molecule has 0 aromatic heterocycles. The van der Waals surface area contributed by atoms with Gasteiger partial charge >= 0.3 is 0 Å². The second kappa shape index (κ2) is 7.21. The van der Waals surface area contributed by atoms with Gasteiger partial charge in [0.1, 0.15) is 5.75 Å². The number of rotatable bonds is 5. The molecule has 0 saturated carbocycles. The van der Waals surface area contributed by atoms with Crippen LogP contribution in [-0.2, 0) is 6.42 Å². The Bertz CT molecular complexity index is 470. The van der Waals surface area contributed by atoms with Crippen LogP contribution in [0.25, 0.3) is 0 Å². The van der Waals surface area contributed by atoms with Gasteiger partial charge in [-0.25, -0.2) is 0 Å². The SMILES string of the molecule is CC#CCCOc1cccc2c1CCCC2NCC. The van der Waals surface area contributed by atoms with Gasteiger partial charge in [0.05, 0.1) is 6.61 Å². The van der Waals surface area contributed by atoms with Crippen molar-refractivity contribution in [3.63, 3.8) is 0 Å². The third kappa shape index (κ3) is 3.52. The van der Waals surface area contributed by atoms with Gasteiger partial charge in [-0.15, -0.1) is 11.8 Å². The maximum atomic E-state index is 5.90. The van der Waals surface area contributed by atoms with Gasteiger partial charge in [0.25, 0.3) is 0 Å². The Kier molecular flexibility index (Phi) is 5.30. The minimum atomic E-state index is 0.493. The first-order valence-corrected chi connectivity index (χ1v) is 7.24. The van der Waals surface area contributed by atoms with Crippen LogP contribution in [0.15, 0.2) is 18.2 Å². The quantitative estimate of drug-likeness (QED) is 0.644. The highest BCUT2D eigenvalue weighted by Crippen LogP contribution is 2.35. The molecule has 2 rings (SSSR count). The lowest BCUT2D eigenvalue weighted by Gasteiger charge is -2.27. The smallest absolute Gasteiger partial charge is 0.122 e. The Morgan fingerprint density at radius 2 is 2.32 bits per heavy atom. The van der Waals surface area contributed by atoms with Gasteiger partial charge in [0.15, 0.2) is 0 Å². The van der Waals surface area contributed by atoms with Crippen molar-refractivity contribution in [1.82, 2.24) is 5.32 Å². The topological polar surface area (TPSA) is 21.3 Å². The molecular weight excluding hydrogens is 234 g/mol. The first-order chi connectivity index (χ1) is 9.36. The molecule has 1 N–H and O–H groups in total. The van der Waals surface area contributed by atoms with Gasteiger partial charge in [-0.2, -0.15) is 0 Å². The lowest BCUT2D eigenvalue weighted by Crippen LogP contribution is -2.25. The predicted molar refractivity (Wildman–Crippen MR) is 79.4 cm³/mol. The van der Waals surface area contributed by atoms with Crippen LogP contribution in [0.1, 0.15) is 50.3 Å². The van der Waals surface area contributed by atoms with Crippen LogP contribution < -0.4 is 10.1 Å². The number of hydrogen-bond acceptors (Lipinski definition) is 2. The van der Waals surface area contributed by atoms with E-state index in [0.717, 1.165) is 25.1 Å². The summed E-state index contributed by atoms with van der Waals surface area (Å²) >= 11 is 0. The molecule has 0 heterocycles. The van der Waals surface area contributed by atoms with E-state index in [1.807, 2.05) is 6.92 Å². The Hall–Kier alpha value is -1.46. The summed E-state index contributed by atoms with van der Waals surface area (Å²) in [7, 11) is 0. The van der Waals surface area contributed by atoms with Crippen LogP contribution >= 0.6 is 0 Å². The summed E-state index contributed by atoms with van der Waals surface area (Å²) in [5.74, 6) is 6.99. The van der Waals surface area contributed by atoms with Crippen molar-refractivity contribution in [2.45, 2.75) is 45.6 Å². The summed E-state index contributed by atoms with van der Waals surface area (Å²) in [5.41, 5.74) is 2.82. The summed E-state index contributed by atoms with van der Waals surface area (Å²) in [5, 5.41) is 3.57. The van der Waals surface area contributed by atoms with Gasteiger partial charge in [-0.05, 0) is 49.9 Å². The summed E-state index contributed by atoms with van der Waals surface area (Å²) in [6.07, 6.45) is 4.40. The molecule has 1 aliphatic rings. The van der Waals surface area contributed by atoms with Gasteiger partial charge in [0.2, 0.25) is 0 Å². The summed E-state index contributed by atoms with van der Waals surface area (Å²) in [4.78, 5) is 0. The van der Waals surface area contributed by atoms with E-state index in [0.29, 0.717) is 12.6 Å². The van der Waals surface area contributed by atoms with Crippen molar-refractivity contribution in [3.8, 4) is 17.6 Å². The fraction of sp³-hybridized carbons (Fsp3) is 0.529. The maximum Gasteiger partial charge on any atom is 0.122 e. The Balaban J connectivity index is 2.12. The third-order valence-corrected chi connectivity index (χ3v) is 3.58. The van der Waals surface area contributed by atoms with Crippen LogP contribution in [0.3, 0.4) is 0 Å². The van der Waals surface area contributed by atoms with E-state index < -0.39 is 0 Å². The number of benzene rings is 1. The molecule has 1 aromatic rings. The Morgan fingerprint density at radius 3 is 3.11 bits per heavy atom.